The van der Waals surface area contributed by atoms with Crippen molar-refractivity contribution in [1.82, 2.24) is 0 Å². The van der Waals surface area contributed by atoms with E-state index in [9.17, 15) is 30.4 Å². The monoisotopic (exact) mass is 397 g/mol. The number of hydrogen-bond acceptors (Lipinski definition) is 3. The third-order valence-corrected chi connectivity index (χ3v) is 4.28. The van der Waals surface area contributed by atoms with Gasteiger partial charge in [-0.05, 0) is 31.2 Å². The lowest BCUT2D eigenvalue weighted by Gasteiger charge is -2.12. The van der Waals surface area contributed by atoms with Crippen LogP contribution in [0.25, 0.3) is 0 Å². The van der Waals surface area contributed by atoms with E-state index in [1.54, 1.807) is 0 Å². The standard InChI is InChI=1S/C14H10F5NO3S.C2H6/c1-8-11(15)5-6-12(13(8)16)20-24(21,22)10-4-2-3-9(7-10)23-14(17,18)19;1-2/h2-7,20H,1H3;1-2H3. The Morgan fingerprint density at radius 3 is 2.23 bits per heavy atom. The Labute approximate surface area is 147 Å². The van der Waals surface area contributed by atoms with Crippen LogP contribution >= 0.6 is 0 Å². The van der Waals surface area contributed by atoms with E-state index in [0.29, 0.717) is 6.07 Å². The topological polar surface area (TPSA) is 55.4 Å². The first kappa shape index (κ1) is 21.7. The summed E-state index contributed by atoms with van der Waals surface area (Å²) in [4.78, 5) is -0.578. The summed E-state index contributed by atoms with van der Waals surface area (Å²) in [6.45, 7) is 5.11. The summed E-state index contributed by atoms with van der Waals surface area (Å²) in [5.74, 6) is -2.74. The van der Waals surface area contributed by atoms with Crippen LogP contribution in [0.3, 0.4) is 0 Å². The van der Waals surface area contributed by atoms with E-state index in [1.165, 1.54) is 0 Å². The fourth-order valence-electron chi connectivity index (χ4n) is 1.78. The first-order valence-corrected chi connectivity index (χ1v) is 8.81. The van der Waals surface area contributed by atoms with Crippen molar-refractivity contribution in [2.75, 3.05) is 4.72 Å². The molecule has 0 heterocycles. The van der Waals surface area contributed by atoms with E-state index in [0.717, 1.165) is 37.3 Å². The molecule has 0 fully saturated rings. The summed E-state index contributed by atoms with van der Waals surface area (Å²) in [6.07, 6.45) is -4.99. The summed E-state index contributed by atoms with van der Waals surface area (Å²) >= 11 is 0. The zero-order valence-electron chi connectivity index (χ0n) is 14.0. The second kappa shape index (κ2) is 8.35. The van der Waals surface area contributed by atoms with Crippen molar-refractivity contribution in [3.05, 3.63) is 53.6 Å². The molecule has 2 rings (SSSR count). The lowest BCUT2D eigenvalue weighted by Crippen LogP contribution is -2.18. The van der Waals surface area contributed by atoms with Gasteiger partial charge in [0.25, 0.3) is 10.0 Å². The summed E-state index contributed by atoms with van der Waals surface area (Å²) in [7, 11) is -4.40. The Bertz CT molecular complexity index is 867. The van der Waals surface area contributed by atoms with Crippen LogP contribution in [0.15, 0.2) is 41.3 Å². The van der Waals surface area contributed by atoms with E-state index < -0.39 is 49.9 Å². The number of rotatable bonds is 4. The fourth-order valence-corrected chi connectivity index (χ4v) is 2.88. The molecule has 2 aromatic rings. The van der Waals surface area contributed by atoms with Crippen LogP contribution in [0.2, 0.25) is 0 Å². The Balaban J connectivity index is 0.00000163. The lowest BCUT2D eigenvalue weighted by molar-refractivity contribution is -0.274. The van der Waals surface area contributed by atoms with Gasteiger partial charge < -0.3 is 4.74 Å². The molecule has 0 spiro atoms. The molecule has 0 aliphatic carbocycles. The zero-order chi connectivity index (χ0) is 20.1. The van der Waals surface area contributed by atoms with E-state index in [1.807, 2.05) is 18.6 Å². The molecule has 4 nitrogen and oxygen atoms in total. The smallest absolute Gasteiger partial charge is 0.406 e. The molecule has 0 amide bonds. The number of halogens is 5. The maximum absolute atomic E-state index is 13.9. The molecule has 0 unspecified atom stereocenters. The number of hydrogen-bond donors (Lipinski definition) is 1. The van der Waals surface area contributed by atoms with E-state index in [-0.39, 0.29) is 0 Å². The molecule has 0 saturated heterocycles. The van der Waals surface area contributed by atoms with E-state index in [2.05, 4.69) is 4.74 Å². The van der Waals surface area contributed by atoms with Crippen molar-refractivity contribution in [3.8, 4) is 5.75 Å². The number of anilines is 1. The molecule has 0 aliphatic rings. The number of ether oxygens (including phenoxy) is 1. The van der Waals surface area contributed by atoms with Gasteiger partial charge in [0.2, 0.25) is 0 Å². The Hall–Kier alpha value is -2.36. The van der Waals surface area contributed by atoms with Crippen molar-refractivity contribution in [3.63, 3.8) is 0 Å². The highest BCUT2D eigenvalue weighted by atomic mass is 32.2. The minimum atomic E-state index is -4.99. The molecular weight excluding hydrogens is 381 g/mol. The number of sulfonamides is 1. The third-order valence-electron chi connectivity index (χ3n) is 2.91. The molecule has 0 radical (unpaired) electrons. The molecule has 0 aromatic heterocycles. The van der Waals surface area contributed by atoms with Crippen LogP contribution in [0, 0.1) is 18.6 Å². The minimum absolute atomic E-state index is 0.399. The zero-order valence-corrected chi connectivity index (χ0v) is 14.8. The highest BCUT2D eigenvalue weighted by molar-refractivity contribution is 7.92. The van der Waals surface area contributed by atoms with Crippen molar-refractivity contribution < 1.29 is 35.1 Å². The highest BCUT2D eigenvalue weighted by Crippen LogP contribution is 2.27. The summed E-state index contributed by atoms with van der Waals surface area (Å²) in [6, 6.07) is 5.30. The van der Waals surface area contributed by atoms with Crippen molar-refractivity contribution >= 4 is 15.7 Å². The second-order valence-corrected chi connectivity index (χ2v) is 6.34. The molecule has 0 atom stereocenters. The van der Waals surface area contributed by atoms with Gasteiger partial charge in [0, 0.05) is 11.6 Å². The normalized spacial score (nSPS) is 11.4. The third kappa shape index (κ3) is 5.58. The number of benzene rings is 2. The van der Waals surface area contributed by atoms with Crippen molar-refractivity contribution in [1.29, 1.82) is 0 Å². The predicted octanol–water partition coefficient (Wildman–Crippen LogP) is 5.00. The van der Waals surface area contributed by atoms with Gasteiger partial charge in [-0.2, -0.15) is 0 Å². The summed E-state index contributed by atoms with van der Waals surface area (Å²) in [5.41, 5.74) is -0.930. The molecule has 1 N–H and O–H groups in total. The SMILES string of the molecule is CC.Cc1c(F)ccc(NS(=O)(=O)c2cccc(OC(F)(F)F)c2)c1F. The van der Waals surface area contributed by atoms with Crippen LogP contribution in [0.1, 0.15) is 19.4 Å². The van der Waals surface area contributed by atoms with Crippen LogP contribution in [-0.4, -0.2) is 14.8 Å². The van der Waals surface area contributed by atoms with Gasteiger partial charge in [0.05, 0.1) is 10.6 Å². The largest absolute Gasteiger partial charge is 0.573 e. The van der Waals surface area contributed by atoms with Gasteiger partial charge in [-0.25, -0.2) is 17.2 Å². The average molecular weight is 397 g/mol. The van der Waals surface area contributed by atoms with Crippen LogP contribution < -0.4 is 9.46 Å². The average Bonchev–Trinajstić information content (AvgIpc) is 2.56. The van der Waals surface area contributed by atoms with Crippen LogP contribution in [0.4, 0.5) is 27.6 Å². The molecule has 10 heteroatoms. The lowest BCUT2D eigenvalue weighted by atomic mass is 10.2. The second-order valence-electron chi connectivity index (χ2n) is 4.66. The Kier molecular flexibility index (Phi) is 6.96. The van der Waals surface area contributed by atoms with Gasteiger partial charge in [0.15, 0.2) is 5.82 Å². The Morgan fingerprint density at radius 2 is 1.65 bits per heavy atom. The molecular formula is C16H16F5NO3S. The Morgan fingerprint density at radius 1 is 1.04 bits per heavy atom. The van der Waals surface area contributed by atoms with Crippen LogP contribution in [-0.2, 0) is 10.0 Å². The van der Waals surface area contributed by atoms with E-state index in [4.69, 9.17) is 0 Å². The molecule has 2 aromatic carbocycles. The maximum Gasteiger partial charge on any atom is 0.573 e. The van der Waals surface area contributed by atoms with Gasteiger partial charge >= 0.3 is 6.36 Å². The van der Waals surface area contributed by atoms with E-state index >= 15 is 0 Å². The van der Waals surface area contributed by atoms with Gasteiger partial charge in [0.1, 0.15) is 11.6 Å². The number of nitrogens with one attached hydrogen (secondary N) is 1. The van der Waals surface area contributed by atoms with Crippen molar-refractivity contribution in [2.24, 2.45) is 0 Å². The van der Waals surface area contributed by atoms with Gasteiger partial charge in [-0.3, -0.25) is 4.72 Å². The quantitative estimate of drug-likeness (QED) is 0.739. The first-order chi connectivity index (χ1) is 12.0. The highest BCUT2D eigenvalue weighted by Gasteiger charge is 2.31. The summed E-state index contributed by atoms with van der Waals surface area (Å²) in [5, 5.41) is 0. The maximum atomic E-state index is 13.9. The van der Waals surface area contributed by atoms with Gasteiger partial charge in [-0.15, -0.1) is 13.2 Å². The molecule has 0 bridgehead atoms. The molecule has 144 valence electrons. The van der Waals surface area contributed by atoms with Crippen molar-refractivity contribution in [2.45, 2.75) is 32.0 Å². The molecule has 0 aliphatic heterocycles. The number of alkyl halides is 3. The predicted molar refractivity (Wildman–Crippen MR) is 86.4 cm³/mol. The molecule has 0 saturated carbocycles. The summed E-state index contributed by atoms with van der Waals surface area (Å²) < 4.78 is 93.4. The fraction of sp³-hybridized carbons (Fsp3) is 0.250. The first-order valence-electron chi connectivity index (χ1n) is 7.33. The minimum Gasteiger partial charge on any atom is -0.406 e. The molecule has 26 heavy (non-hydrogen) atoms. The van der Waals surface area contributed by atoms with Gasteiger partial charge in [-0.1, -0.05) is 19.9 Å². The van der Waals surface area contributed by atoms with Crippen LogP contribution in [0.5, 0.6) is 5.75 Å².